The van der Waals surface area contributed by atoms with E-state index in [4.69, 9.17) is 14.2 Å². The first-order chi connectivity index (χ1) is 40.0. The number of ether oxygens (including phenoxy) is 3. The van der Waals surface area contributed by atoms with E-state index in [0.29, 0.717) is 19.3 Å². The van der Waals surface area contributed by atoms with Gasteiger partial charge in [0.2, 0.25) is 0 Å². The zero-order chi connectivity index (χ0) is 58.5. The number of hydrogen-bond acceptors (Lipinski definition) is 6. The topological polar surface area (TPSA) is 78.9 Å². The fourth-order valence-electron chi connectivity index (χ4n) is 8.67. The van der Waals surface area contributed by atoms with Gasteiger partial charge >= 0.3 is 17.9 Å². The molecule has 0 radical (unpaired) electrons. The molecule has 0 rings (SSSR count). The molecular weight excluding hydrogens is 997 g/mol. The Labute approximate surface area is 499 Å². The highest BCUT2D eigenvalue weighted by Crippen LogP contribution is 2.16. The van der Waals surface area contributed by atoms with E-state index in [1.54, 1.807) is 0 Å². The van der Waals surface area contributed by atoms with Gasteiger partial charge in [-0.05, 0) is 122 Å². The Hall–Kier alpha value is -4.97. The summed E-state index contributed by atoms with van der Waals surface area (Å²) in [7, 11) is 0. The maximum absolute atomic E-state index is 12.9. The SMILES string of the molecule is CC/C=C\C/C=C\C/C=C\C/C=C\C/C=C\C/C=C\C/C=C\C/C=C\C/C=C\CCCC(=O)OCC(COC(=O)CCCCCCCCC)OC(=O)CCCCCCCCCCCCCCCC/C=C\C/C=C\C/C=C\C/C=C\CC. The molecule has 0 aromatic rings. The van der Waals surface area contributed by atoms with E-state index in [9.17, 15) is 14.4 Å². The highest BCUT2D eigenvalue weighted by Gasteiger charge is 2.19. The van der Waals surface area contributed by atoms with Gasteiger partial charge in [0.15, 0.2) is 6.10 Å². The highest BCUT2D eigenvalue weighted by molar-refractivity contribution is 5.71. The van der Waals surface area contributed by atoms with Crippen LogP contribution in [-0.2, 0) is 28.6 Å². The maximum atomic E-state index is 12.9. The summed E-state index contributed by atoms with van der Waals surface area (Å²) in [6.07, 6.45) is 98.6. The van der Waals surface area contributed by atoms with E-state index in [-0.39, 0.29) is 37.5 Å². The molecule has 0 bridgehead atoms. The van der Waals surface area contributed by atoms with Gasteiger partial charge in [0.05, 0.1) is 0 Å². The number of unbranched alkanes of at least 4 members (excludes halogenated alkanes) is 21. The molecule has 0 aromatic carbocycles. The Bertz CT molecular complexity index is 1810. The quantitative estimate of drug-likeness (QED) is 0.0261. The lowest BCUT2D eigenvalue weighted by Crippen LogP contribution is -2.30. The van der Waals surface area contributed by atoms with Crippen LogP contribution in [0.2, 0.25) is 0 Å². The van der Waals surface area contributed by atoms with Crippen molar-refractivity contribution in [1.29, 1.82) is 0 Å². The Morgan fingerprint density at radius 1 is 0.259 bits per heavy atom. The molecule has 6 heteroatoms. The Kier molecular flexibility index (Phi) is 63.4. The average Bonchev–Trinajstić information content (AvgIpc) is 3.47. The zero-order valence-electron chi connectivity index (χ0n) is 52.2. The molecule has 0 aliphatic rings. The Morgan fingerprint density at radius 3 is 0.802 bits per heavy atom. The maximum Gasteiger partial charge on any atom is 0.306 e. The van der Waals surface area contributed by atoms with Crippen LogP contribution in [0.1, 0.15) is 278 Å². The molecule has 0 aliphatic carbocycles. The number of esters is 3. The van der Waals surface area contributed by atoms with Gasteiger partial charge in [0, 0.05) is 19.3 Å². The minimum Gasteiger partial charge on any atom is -0.462 e. The van der Waals surface area contributed by atoms with Crippen LogP contribution < -0.4 is 0 Å². The Balaban J connectivity index is 4.25. The summed E-state index contributed by atoms with van der Waals surface area (Å²) >= 11 is 0. The van der Waals surface area contributed by atoms with Crippen molar-refractivity contribution in [2.75, 3.05) is 13.2 Å². The van der Waals surface area contributed by atoms with Crippen LogP contribution in [0, 0.1) is 0 Å². The third-order valence-corrected chi connectivity index (χ3v) is 13.5. The largest absolute Gasteiger partial charge is 0.462 e. The number of rotatable bonds is 58. The second-order valence-electron chi connectivity index (χ2n) is 21.3. The van der Waals surface area contributed by atoms with Crippen molar-refractivity contribution in [2.45, 2.75) is 284 Å². The minimum absolute atomic E-state index is 0.100. The molecule has 0 saturated carbocycles. The predicted octanol–water partition coefficient (Wildman–Crippen LogP) is 22.9. The van der Waals surface area contributed by atoms with Gasteiger partial charge in [0.1, 0.15) is 13.2 Å². The van der Waals surface area contributed by atoms with Crippen LogP contribution in [0.5, 0.6) is 0 Å². The average molecular weight is 1120 g/mol. The fourth-order valence-corrected chi connectivity index (χ4v) is 8.67. The summed E-state index contributed by atoms with van der Waals surface area (Å²) in [5.74, 6) is -0.971. The molecule has 6 nitrogen and oxygen atoms in total. The number of carbonyl (C=O) groups excluding carboxylic acids is 3. The van der Waals surface area contributed by atoms with Crippen LogP contribution >= 0.6 is 0 Å². The van der Waals surface area contributed by atoms with E-state index in [0.717, 1.165) is 128 Å². The molecule has 0 spiro atoms. The molecule has 0 N–H and O–H groups in total. The van der Waals surface area contributed by atoms with Crippen LogP contribution in [0.3, 0.4) is 0 Å². The van der Waals surface area contributed by atoms with E-state index < -0.39 is 6.10 Å². The summed E-state index contributed by atoms with van der Waals surface area (Å²) in [4.78, 5) is 38.1. The summed E-state index contributed by atoms with van der Waals surface area (Å²) in [6.45, 7) is 6.32. The molecule has 0 fully saturated rings. The van der Waals surface area contributed by atoms with Gasteiger partial charge < -0.3 is 14.2 Å². The third kappa shape index (κ3) is 65.7. The van der Waals surface area contributed by atoms with Gasteiger partial charge in [-0.2, -0.15) is 0 Å². The van der Waals surface area contributed by atoms with Crippen molar-refractivity contribution in [1.82, 2.24) is 0 Å². The Morgan fingerprint density at radius 2 is 0.494 bits per heavy atom. The fraction of sp³-hybridized carbons (Fsp3) is 0.613. The highest BCUT2D eigenvalue weighted by atomic mass is 16.6. The monoisotopic (exact) mass is 1120 g/mol. The third-order valence-electron chi connectivity index (χ3n) is 13.5. The second-order valence-corrected chi connectivity index (χ2v) is 21.3. The van der Waals surface area contributed by atoms with Crippen molar-refractivity contribution in [3.63, 3.8) is 0 Å². The van der Waals surface area contributed by atoms with Gasteiger partial charge in [-0.25, -0.2) is 0 Å². The van der Waals surface area contributed by atoms with Gasteiger partial charge in [0.25, 0.3) is 0 Å². The van der Waals surface area contributed by atoms with Crippen molar-refractivity contribution in [3.8, 4) is 0 Å². The normalized spacial score (nSPS) is 13.2. The molecule has 0 aromatic heterocycles. The number of hydrogen-bond donors (Lipinski definition) is 0. The number of carbonyl (C=O) groups is 3. The molecule has 0 saturated heterocycles. The van der Waals surface area contributed by atoms with Crippen molar-refractivity contribution in [2.24, 2.45) is 0 Å². The standard InChI is InChI=1S/C75H120O6/c1-4-7-10-13-16-18-20-22-24-26-28-30-32-34-36-37-39-40-42-44-46-48-50-52-54-56-59-62-65-68-74(77)80-71-72(70-79-73(76)67-64-61-58-15-12-9-6-3)81-75(78)69-66-63-60-57-55-53-51-49-47-45-43-41-38-35-33-31-29-27-25-23-21-19-17-14-11-8-5-2/h7-8,10-11,16-19,22-25,28-31,34,36,39-40,44,46,50,52,56,59,72H,4-6,9,12-15,20-21,26-27,32-33,35,37-38,41-43,45,47-49,51,53-55,57-58,60-71H2,1-3H3/b10-7-,11-8-,18-16-,19-17-,24-22-,25-23-,30-28-,31-29-,36-34-,40-39-,46-44-,52-50-,59-56-. The summed E-state index contributed by atoms with van der Waals surface area (Å²) < 4.78 is 16.8. The van der Waals surface area contributed by atoms with Crippen LogP contribution in [0.4, 0.5) is 0 Å². The predicted molar refractivity (Wildman–Crippen MR) is 352 cm³/mol. The molecule has 0 aliphatic heterocycles. The lowest BCUT2D eigenvalue weighted by atomic mass is 10.0. The van der Waals surface area contributed by atoms with Crippen LogP contribution in [-0.4, -0.2) is 37.2 Å². The first-order valence-corrected chi connectivity index (χ1v) is 33.0. The summed E-state index contributed by atoms with van der Waals surface area (Å²) in [6, 6.07) is 0. The van der Waals surface area contributed by atoms with Crippen molar-refractivity contribution in [3.05, 3.63) is 158 Å². The van der Waals surface area contributed by atoms with Crippen LogP contribution in [0.15, 0.2) is 158 Å². The first-order valence-electron chi connectivity index (χ1n) is 33.0. The van der Waals surface area contributed by atoms with Crippen molar-refractivity contribution < 1.29 is 28.6 Å². The molecule has 1 unspecified atom stereocenters. The molecule has 1 atom stereocenters. The van der Waals surface area contributed by atoms with Gasteiger partial charge in [-0.1, -0.05) is 294 Å². The molecular formula is C75H120O6. The summed E-state index contributed by atoms with van der Waals surface area (Å²) in [5, 5.41) is 0. The zero-order valence-corrected chi connectivity index (χ0v) is 52.2. The van der Waals surface area contributed by atoms with E-state index in [1.807, 2.05) is 0 Å². The molecule has 0 heterocycles. The minimum atomic E-state index is -0.806. The lowest BCUT2D eigenvalue weighted by molar-refractivity contribution is -0.167. The van der Waals surface area contributed by atoms with Gasteiger partial charge in [-0.15, -0.1) is 0 Å². The van der Waals surface area contributed by atoms with Gasteiger partial charge in [-0.3, -0.25) is 14.4 Å². The molecule has 81 heavy (non-hydrogen) atoms. The van der Waals surface area contributed by atoms with E-state index in [1.165, 1.54) is 103 Å². The summed E-state index contributed by atoms with van der Waals surface area (Å²) in [5.41, 5.74) is 0. The smallest absolute Gasteiger partial charge is 0.306 e. The van der Waals surface area contributed by atoms with E-state index >= 15 is 0 Å². The molecule has 0 amide bonds. The molecule has 456 valence electrons. The number of allylic oxidation sites excluding steroid dienone is 26. The lowest BCUT2D eigenvalue weighted by Gasteiger charge is -2.18. The van der Waals surface area contributed by atoms with Crippen molar-refractivity contribution >= 4 is 17.9 Å². The second kappa shape index (κ2) is 67.5. The first kappa shape index (κ1) is 76.0. The van der Waals surface area contributed by atoms with E-state index in [2.05, 4.69) is 179 Å². The van der Waals surface area contributed by atoms with Crippen LogP contribution in [0.25, 0.3) is 0 Å².